The summed E-state index contributed by atoms with van der Waals surface area (Å²) >= 11 is 0. The van der Waals surface area contributed by atoms with Gasteiger partial charge < -0.3 is 10.6 Å². The molecule has 0 radical (unpaired) electrons. The molecule has 1 aliphatic rings. The van der Waals surface area contributed by atoms with Gasteiger partial charge in [0, 0.05) is 18.2 Å². The van der Waals surface area contributed by atoms with Gasteiger partial charge in [-0.15, -0.1) is 0 Å². The molecule has 1 amide bonds. The first-order chi connectivity index (χ1) is 7.50. The van der Waals surface area contributed by atoms with Crippen LogP contribution in [-0.4, -0.2) is 25.0 Å². The normalized spacial score (nSPS) is 25.5. The highest BCUT2D eigenvalue weighted by molar-refractivity contribution is 5.92. The molecule has 1 saturated heterocycles. The van der Waals surface area contributed by atoms with Gasteiger partial charge in [0.25, 0.3) is 0 Å². The number of hydrogen-bond donors (Lipinski definition) is 2. The number of amides is 1. The number of nitrogens with one attached hydrogen (secondary N) is 2. The lowest BCUT2D eigenvalue weighted by Gasteiger charge is -2.33. The highest BCUT2D eigenvalue weighted by atomic mass is 16.1. The Balaban J connectivity index is 2.53. The van der Waals surface area contributed by atoms with Gasteiger partial charge in [0.05, 0.1) is 0 Å². The Morgan fingerprint density at radius 3 is 2.81 bits per heavy atom. The molecule has 0 saturated carbocycles. The molecule has 1 fully saturated rings. The van der Waals surface area contributed by atoms with Crippen LogP contribution in [0.25, 0.3) is 0 Å². The van der Waals surface area contributed by atoms with Gasteiger partial charge in [-0.25, -0.2) is 0 Å². The fourth-order valence-electron chi connectivity index (χ4n) is 2.26. The molecule has 0 aromatic rings. The van der Waals surface area contributed by atoms with Crippen LogP contribution in [0.4, 0.5) is 0 Å². The molecule has 2 atom stereocenters. The molecule has 0 spiro atoms. The van der Waals surface area contributed by atoms with E-state index in [9.17, 15) is 4.79 Å². The van der Waals surface area contributed by atoms with Crippen molar-refractivity contribution in [1.29, 1.82) is 0 Å². The zero-order chi connectivity index (χ0) is 12.1. The zero-order valence-corrected chi connectivity index (χ0v) is 10.7. The minimum absolute atomic E-state index is 0.0116. The average Bonchev–Trinajstić information content (AvgIpc) is 2.20. The predicted octanol–water partition coefficient (Wildman–Crippen LogP) is 1.70. The van der Waals surface area contributed by atoms with Crippen LogP contribution in [0.3, 0.4) is 0 Å². The summed E-state index contributed by atoms with van der Waals surface area (Å²) in [6, 6.07) is 0.264. The largest absolute Gasteiger partial charge is 0.348 e. The van der Waals surface area contributed by atoms with Crippen molar-refractivity contribution in [2.24, 2.45) is 11.8 Å². The summed E-state index contributed by atoms with van der Waals surface area (Å²) < 4.78 is 0. The van der Waals surface area contributed by atoms with E-state index in [0.717, 1.165) is 19.5 Å². The fraction of sp³-hybridized carbons (Fsp3) is 0.769. The van der Waals surface area contributed by atoms with Gasteiger partial charge in [-0.3, -0.25) is 4.79 Å². The summed E-state index contributed by atoms with van der Waals surface area (Å²) in [5.74, 6) is 1.28. The second kappa shape index (κ2) is 6.04. The first kappa shape index (κ1) is 13.2. The van der Waals surface area contributed by atoms with Gasteiger partial charge in [0.15, 0.2) is 0 Å². The smallest absolute Gasteiger partial charge is 0.246 e. The van der Waals surface area contributed by atoms with Crippen molar-refractivity contribution in [3.05, 3.63) is 12.2 Å². The second-order valence-electron chi connectivity index (χ2n) is 5.24. The minimum atomic E-state index is -0.0116. The van der Waals surface area contributed by atoms with Crippen molar-refractivity contribution in [1.82, 2.24) is 10.6 Å². The average molecular weight is 224 g/mol. The zero-order valence-electron chi connectivity index (χ0n) is 10.7. The van der Waals surface area contributed by atoms with E-state index in [4.69, 9.17) is 0 Å². The number of hydrogen-bond acceptors (Lipinski definition) is 2. The Labute approximate surface area is 98.7 Å². The van der Waals surface area contributed by atoms with Crippen molar-refractivity contribution in [3.63, 3.8) is 0 Å². The molecule has 1 heterocycles. The van der Waals surface area contributed by atoms with E-state index in [0.29, 0.717) is 17.4 Å². The van der Waals surface area contributed by atoms with Gasteiger partial charge in [0.2, 0.25) is 5.91 Å². The molecule has 0 aromatic carbocycles. The number of rotatable bonds is 4. The van der Waals surface area contributed by atoms with Crippen LogP contribution in [0.2, 0.25) is 0 Å². The summed E-state index contributed by atoms with van der Waals surface area (Å²) in [4.78, 5) is 11.6. The minimum Gasteiger partial charge on any atom is -0.348 e. The van der Waals surface area contributed by atoms with E-state index in [1.54, 1.807) is 6.92 Å². The third-order valence-corrected chi connectivity index (χ3v) is 3.10. The van der Waals surface area contributed by atoms with Crippen molar-refractivity contribution >= 4 is 5.91 Å². The van der Waals surface area contributed by atoms with Crippen molar-refractivity contribution in [3.8, 4) is 0 Å². The van der Waals surface area contributed by atoms with Gasteiger partial charge in [-0.1, -0.05) is 20.4 Å². The molecule has 0 aromatic heterocycles. The summed E-state index contributed by atoms with van der Waals surface area (Å²) in [7, 11) is 0. The molecule has 1 aliphatic heterocycles. The number of carbonyl (C=O) groups excluding carboxylic acids is 1. The van der Waals surface area contributed by atoms with Crippen LogP contribution in [0.1, 0.15) is 33.6 Å². The van der Waals surface area contributed by atoms with E-state index in [2.05, 4.69) is 31.1 Å². The van der Waals surface area contributed by atoms with Crippen LogP contribution in [0.5, 0.6) is 0 Å². The molecular weight excluding hydrogens is 200 g/mol. The topological polar surface area (TPSA) is 41.1 Å². The molecule has 92 valence electrons. The molecule has 1 rings (SSSR count). The van der Waals surface area contributed by atoms with Crippen molar-refractivity contribution in [2.45, 2.75) is 39.7 Å². The predicted molar refractivity (Wildman–Crippen MR) is 67.2 cm³/mol. The Bertz CT molecular complexity index is 261. The van der Waals surface area contributed by atoms with E-state index in [1.165, 1.54) is 6.42 Å². The van der Waals surface area contributed by atoms with Crippen LogP contribution in [0, 0.1) is 11.8 Å². The molecule has 0 aliphatic carbocycles. The highest BCUT2D eigenvalue weighted by Gasteiger charge is 2.26. The summed E-state index contributed by atoms with van der Waals surface area (Å²) in [5, 5.41) is 6.41. The summed E-state index contributed by atoms with van der Waals surface area (Å²) in [6.07, 6.45) is 2.34. The lowest BCUT2D eigenvalue weighted by atomic mass is 9.85. The summed E-state index contributed by atoms with van der Waals surface area (Å²) in [5.41, 5.74) is 0.592. The molecule has 16 heavy (non-hydrogen) atoms. The van der Waals surface area contributed by atoms with Gasteiger partial charge in [0.1, 0.15) is 0 Å². The van der Waals surface area contributed by atoms with Crippen LogP contribution < -0.4 is 10.6 Å². The Morgan fingerprint density at radius 2 is 2.25 bits per heavy atom. The Hall–Kier alpha value is -0.830. The van der Waals surface area contributed by atoms with E-state index in [1.807, 2.05) is 0 Å². The third kappa shape index (κ3) is 3.97. The van der Waals surface area contributed by atoms with E-state index < -0.39 is 0 Å². The van der Waals surface area contributed by atoms with Crippen LogP contribution in [0.15, 0.2) is 12.2 Å². The monoisotopic (exact) mass is 224 g/mol. The van der Waals surface area contributed by atoms with Crippen LogP contribution >= 0.6 is 0 Å². The maximum absolute atomic E-state index is 11.6. The standard InChI is InChI=1S/C13H24N2O/c1-9(2)7-11-5-6-14-8-12(11)15-13(16)10(3)4/h9,11-12,14H,3,5-8H2,1-2,4H3,(H,15,16). The molecule has 0 bridgehead atoms. The Morgan fingerprint density at radius 1 is 1.56 bits per heavy atom. The van der Waals surface area contributed by atoms with Crippen molar-refractivity contribution < 1.29 is 4.79 Å². The molecular formula is C13H24N2O. The quantitative estimate of drug-likeness (QED) is 0.714. The van der Waals surface area contributed by atoms with E-state index >= 15 is 0 Å². The van der Waals surface area contributed by atoms with Gasteiger partial charge in [-0.2, -0.15) is 0 Å². The van der Waals surface area contributed by atoms with Gasteiger partial charge >= 0.3 is 0 Å². The van der Waals surface area contributed by atoms with Gasteiger partial charge in [-0.05, 0) is 38.1 Å². The third-order valence-electron chi connectivity index (χ3n) is 3.10. The van der Waals surface area contributed by atoms with Crippen LogP contribution in [-0.2, 0) is 4.79 Å². The lowest BCUT2D eigenvalue weighted by molar-refractivity contribution is -0.118. The molecule has 3 heteroatoms. The molecule has 2 N–H and O–H groups in total. The SMILES string of the molecule is C=C(C)C(=O)NC1CNCCC1CC(C)C. The highest BCUT2D eigenvalue weighted by Crippen LogP contribution is 2.21. The summed E-state index contributed by atoms with van der Waals surface area (Å²) in [6.45, 7) is 11.9. The van der Waals surface area contributed by atoms with E-state index in [-0.39, 0.29) is 11.9 Å². The first-order valence-corrected chi connectivity index (χ1v) is 6.17. The number of carbonyl (C=O) groups is 1. The maximum Gasteiger partial charge on any atom is 0.246 e. The Kier molecular flexibility index (Phi) is 5.00. The molecule has 3 nitrogen and oxygen atoms in total. The first-order valence-electron chi connectivity index (χ1n) is 6.17. The fourth-order valence-corrected chi connectivity index (χ4v) is 2.26. The second-order valence-corrected chi connectivity index (χ2v) is 5.24. The molecule has 2 unspecified atom stereocenters. The lowest BCUT2D eigenvalue weighted by Crippen LogP contribution is -2.51. The maximum atomic E-state index is 11.6. The number of piperidine rings is 1. The van der Waals surface area contributed by atoms with Crippen molar-refractivity contribution in [2.75, 3.05) is 13.1 Å².